The molecule has 2 unspecified atom stereocenters. The van der Waals surface area contributed by atoms with Crippen molar-refractivity contribution >= 4 is 17.5 Å². The number of hydrogen-bond acceptors (Lipinski definition) is 3. The van der Waals surface area contributed by atoms with E-state index < -0.39 is 5.91 Å². The summed E-state index contributed by atoms with van der Waals surface area (Å²) in [5.41, 5.74) is 12.3. The van der Waals surface area contributed by atoms with Gasteiger partial charge in [0.1, 0.15) is 0 Å². The van der Waals surface area contributed by atoms with Crippen LogP contribution >= 0.6 is 11.6 Å². The van der Waals surface area contributed by atoms with Gasteiger partial charge in [0.15, 0.2) is 0 Å². The van der Waals surface area contributed by atoms with Gasteiger partial charge in [0.2, 0.25) is 5.91 Å². The summed E-state index contributed by atoms with van der Waals surface area (Å²) in [7, 11) is 0. The lowest BCUT2D eigenvalue weighted by Gasteiger charge is -2.12. The standard InChI is InChI=1S/C13H17ClN2O2/c14-12-5-8(13(16)17)1-2-9(12)7-18-11-4-3-10(15)6-11/h1-2,5,10-11H,3-4,6-7,15H2,(H2,16,17). The Bertz CT molecular complexity index is 451. The zero-order valence-corrected chi connectivity index (χ0v) is 10.8. The smallest absolute Gasteiger partial charge is 0.248 e. The molecule has 4 nitrogen and oxygen atoms in total. The van der Waals surface area contributed by atoms with E-state index >= 15 is 0 Å². The maximum absolute atomic E-state index is 11.0. The number of carbonyl (C=O) groups is 1. The Morgan fingerprint density at radius 3 is 2.78 bits per heavy atom. The van der Waals surface area contributed by atoms with Gasteiger partial charge in [-0.3, -0.25) is 4.79 Å². The molecule has 1 aliphatic rings. The van der Waals surface area contributed by atoms with Crippen LogP contribution in [0.2, 0.25) is 5.02 Å². The van der Waals surface area contributed by atoms with E-state index in [9.17, 15) is 4.79 Å². The minimum atomic E-state index is -0.480. The number of halogens is 1. The van der Waals surface area contributed by atoms with Crippen LogP contribution in [0.15, 0.2) is 18.2 Å². The second kappa shape index (κ2) is 5.69. The average molecular weight is 269 g/mol. The minimum Gasteiger partial charge on any atom is -0.373 e. The van der Waals surface area contributed by atoms with Crippen molar-refractivity contribution in [2.75, 3.05) is 0 Å². The van der Waals surface area contributed by atoms with E-state index in [0.29, 0.717) is 17.2 Å². The second-order valence-corrected chi connectivity index (χ2v) is 5.08. The molecule has 1 fully saturated rings. The van der Waals surface area contributed by atoms with Gasteiger partial charge in [-0.15, -0.1) is 0 Å². The molecule has 0 radical (unpaired) electrons. The van der Waals surface area contributed by atoms with Crippen molar-refractivity contribution < 1.29 is 9.53 Å². The molecule has 2 atom stereocenters. The van der Waals surface area contributed by atoms with Crippen LogP contribution in [0.5, 0.6) is 0 Å². The normalized spacial score (nSPS) is 23.2. The molecule has 0 aromatic heterocycles. The zero-order chi connectivity index (χ0) is 13.1. The first kappa shape index (κ1) is 13.3. The largest absolute Gasteiger partial charge is 0.373 e. The van der Waals surface area contributed by atoms with Crippen molar-refractivity contribution in [3.8, 4) is 0 Å². The van der Waals surface area contributed by atoms with E-state index in [0.717, 1.165) is 24.8 Å². The second-order valence-electron chi connectivity index (χ2n) is 4.68. The summed E-state index contributed by atoms with van der Waals surface area (Å²) in [5, 5.41) is 0.508. The summed E-state index contributed by atoms with van der Waals surface area (Å²) in [6.07, 6.45) is 3.13. The number of benzene rings is 1. The first-order valence-electron chi connectivity index (χ1n) is 6.01. The molecule has 5 heteroatoms. The number of primary amides is 1. The third-order valence-corrected chi connectivity index (χ3v) is 3.59. The third kappa shape index (κ3) is 3.22. The highest BCUT2D eigenvalue weighted by Gasteiger charge is 2.22. The van der Waals surface area contributed by atoms with Crippen LogP contribution < -0.4 is 11.5 Å². The fourth-order valence-electron chi connectivity index (χ4n) is 2.15. The molecule has 0 spiro atoms. The van der Waals surface area contributed by atoms with Crippen molar-refractivity contribution in [3.63, 3.8) is 0 Å². The molecular weight excluding hydrogens is 252 g/mol. The van der Waals surface area contributed by atoms with Crippen molar-refractivity contribution in [2.45, 2.75) is 38.0 Å². The van der Waals surface area contributed by atoms with Gasteiger partial charge in [-0.05, 0) is 37.0 Å². The van der Waals surface area contributed by atoms with Crippen LogP contribution in [0.1, 0.15) is 35.2 Å². The summed E-state index contributed by atoms with van der Waals surface area (Å²) in [6, 6.07) is 5.26. The van der Waals surface area contributed by atoms with Crippen molar-refractivity contribution in [3.05, 3.63) is 34.3 Å². The highest BCUT2D eigenvalue weighted by Crippen LogP contribution is 2.24. The SMILES string of the molecule is NC(=O)c1ccc(COC2CCC(N)C2)c(Cl)c1. The van der Waals surface area contributed by atoms with Gasteiger partial charge in [-0.1, -0.05) is 17.7 Å². The van der Waals surface area contributed by atoms with Crippen LogP contribution in [-0.4, -0.2) is 18.1 Å². The van der Waals surface area contributed by atoms with Crippen molar-refractivity contribution in [1.82, 2.24) is 0 Å². The Morgan fingerprint density at radius 2 is 2.22 bits per heavy atom. The van der Waals surface area contributed by atoms with Gasteiger partial charge in [0.05, 0.1) is 12.7 Å². The Kier molecular flexibility index (Phi) is 4.22. The highest BCUT2D eigenvalue weighted by atomic mass is 35.5. The van der Waals surface area contributed by atoms with Crippen LogP contribution in [0, 0.1) is 0 Å². The molecule has 4 N–H and O–H groups in total. The fraction of sp³-hybridized carbons (Fsp3) is 0.462. The fourth-order valence-corrected chi connectivity index (χ4v) is 2.39. The monoisotopic (exact) mass is 268 g/mol. The molecule has 0 aliphatic heterocycles. The molecule has 1 saturated carbocycles. The highest BCUT2D eigenvalue weighted by molar-refractivity contribution is 6.31. The van der Waals surface area contributed by atoms with E-state index in [-0.39, 0.29) is 12.1 Å². The zero-order valence-electron chi connectivity index (χ0n) is 10.1. The number of nitrogens with two attached hydrogens (primary N) is 2. The quantitative estimate of drug-likeness (QED) is 0.874. The topological polar surface area (TPSA) is 78.3 Å². The summed E-state index contributed by atoms with van der Waals surface area (Å²) in [6.45, 7) is 0.440. The summed E-state index contributed by atoms with van der Waals surface area (Å²) >= 11 is 6.08. The number of amides is 1. The molecular formula is C13H17ClN2O2. The predicted molar refractivity (Wildman–Crippen MR) is 70.4 cm³/mol. The van der Waals surface area contributed by atoms with E-state index in [2.05, 4.69) is 0 Å². The van der Waals surface area contributed by atoms with E-state index in [1.54, 1.807) is 18.2 Å². The molecule has 1 aromatic rings. The molecule has 1 aliphatic carbocycles. The lowest BCUT2D eigenvalue weighted by Crippen LogP contribution is -2.17. The maximum atomic E-state index is 11.0. The summed E-state index contributed by atoms with van der Waals surface area (Å²) in [5.74, 6) is -0.480. The van der Waals surface area contributed by atoms with Crippen molar-refractivity contribution in [1.29, 1.82) is 0 Å². The molecule has 0 heterocycles. The van der Waals surface area contributed by atoms with Crippen LogP contribution in [0.25, 0.3) is 0 Å². The Balaban J connectivity index is 1.95. The summed E-state index contributed by atoms with van der Waals surface area (Å²) < 4.78 is 5.76. The van der Waals surface area contributed by atoms with Crippen LogP contribution in [0.4, 0.5) is 0 Å². The lowest BCUT2D eigenvalue weighted by atomic mass is 10.1. The number of carbonyl (C=O) groups excluding carboxylic acids is 1. The molecule has 1 aromatic carbocycles. The number of hydrogen-bond donors (Lipinski definition) is 2. The Morgan fingerprint density at radius 1 is 1.44 bits per heavy atom. The molecule has 2 rings (SSSR count). The average Bonchev–Trinajstić information content (AvgIpc) is 2.73. The van der Waals surface area contributed by atoms with Crippen LogP contribution in [0.3, 0.4) is 0 Å². The molecule has 98 valence electrons. The van der Waals surface area contributed by atoms with E-state index in [1.807, 2.05) is 0 Å². The number of ether oxygens (including phenoxy) is 1. The third-order valence-electron chi connectivity index (χ3n) is 3.24. The van der Waals surface area contributed by atoms with Crippen molar-refractivity contribution in [2.24, 2.45) is 11.5 Å². The van der Waals surface area contributed by atoms with Crippen LogP contribution in [-0.2, 0) is 11.3 Å². The maximum Gasteiger partial charge on any atom is 0.248 e. The van der Waals surface area contributed by atoms with Gasteiger partial charge in [0, 0.05) is 16.6 Å². The van der Waals surface area contributed by atoms with Gasteiger partial charge in [0.25, 0.3) is 0 Å². The van der Waals surface area contributed by atoms with E-state index in [4.69, 9.17) is 27.8 Å². The lowest BCUT2D eigenvalue weighted by molar-refractivity contribution is 0.0449. The first-order valence-corrected chi connectivity index (χ1v) is 6.39. The molecule has 0 saturated heterocycles. The van der Waals surface area contributed by atoms with Gasteiger partial charge < -0.3 is 16.2 Å². The van der Waals surface area contributed by atoms with E-state index in [1.165, 1.54) is 0 Å². The number of rotatable bonds is 4. The molecule has 18 heavy (non-hydrogen) atoms. The summed E-state index contributed by atoms with van der Waals surface area (Å²) in [4.78, 5) is 11.0. The van der Waals surface area contributed by atoms with Gasteiger partial charge >= 0.3 is 0 Å². The Hall–Kier alpha value is -1.10. The van der Waals surface area contributed by atoms with Gasteiger partial charge in [-0.2, -0.15) is 0 Å². The van der Waals surface area contributed by atoms with Gasteiger partial charge in [-0.25, -0.2) is 0 Å². The minimum absolute atomic E-state index is 0.215. The molecule has 0 bridgehead atoms. The molecule has 1 amide bonds. The Labute approximate surface area is 111 Å². The first-order chi connectivity index (χ1) is 8.56. The predicted octanol–water partition coefficient (Wildman–Crippen LogP) is 1.84.